The van der Waals surface area contributed by atoms with Crippen molar-refractivity contribution in [2.45, 2.75) is 24.4 Å². The Morgan fingerprint density at radius 1 is 1.07 bits per heavy atom. The third-order valence-electron chi connectivity index (χ3n) is 1.42. The van der Waals surface area contributed by atoms with Crippen molar-refractivity contribution in [3.8, 4) is 0 Å². The molecule has 0 spiro atoms. The molecule has 0 amide bonds. The zero-order valence-corrected chi connectivity index (χ0v) is 6.94. The summed E-state index contributed by atoms with van der Waals surface area (Å²) in [5.74, 6) is -1.76. The molecule has 0 rings (SSSR count). The lowest BCUT2D eigenvalue weighted by atomic mass is 10.0. The highest BCUT2D eigenvalue weighted by Gasteiger charge is 2.33. The van der Waals surface area contributed by atoms with Crippen LogP contribution in [-0.2, 0) is 9.59 Å². The number of aliphatic carboxylic acids is 1. The quantitative estimate of drug-likeness (QED) is 0.288. The van der Waals surface area contributed by atoms with E-state index in [0.717, 1.165) is 0 Å². The molecule has 0 saturated carbocycles. The first-order valence-electron chi connectivity index (χ1n) is 3.32. The van der Waals surface area contributed by atoms with Gasteiger partial charge in [0.2, 0.25) is 0 Å². The summed E-state index contributed by atoms with van der Waals surface area (Å²) in [6.45, 7) is 0. The van der Waals surface area contributed by atoms with Gasteiger partial charge in [0.15, 0.2) is 12.4 Å². The molecule has 8 heteroatoms. The van der Waals surface area contributed by atoms with E-state index in [1.165, 1.54) is 0 Å². The standard InChI is InChI=1S/C6H10O7.H2O/c7-1-2(8)3(9)4(10)5(11)6(12)13;/h1-5,8-11H,(H,12,13);1H2. The van der Waals surface area contributed by atoms with E-state index in [4.69, 9.17) is 25.5 Å². The van der Waals surface area contributed by atoms with Crippen molar-refractivity contribution in [2.24, 2.45) is 0 Å². The fraction of sp³-hybridized carbons (Fsp3) is 0.667. The Morgan fingerprint density at radius 3 is 1.79 bits per heavy atom. The van der Waals surface area contributed by atoms with Gasteiger partial charge < -0.3 is 35.8 Å². The molecule has 0 aromatic rings. The largest absolute Gasteiger partial charge is 0.479 e. The van der Waals surface area contributed by atoms with Crippen LogP contribution in [0.3, 0.4) is 0 Å². The average molecular weight is 212 g/mol. The van der Waals surface area contributed by atoms with Crippen LogP contribution >= 0.6 is 0 Å². The minimum absolute atomic E-state index is 0. The minimum atomic E-state index is -2.25. The molecule has 4 unspecified atom stereocenters. The minimum Gasteiger partial charge on any atom is -0.479 e. The van der Waals surface area contributed by atoms with E-state index in [1.54, 1.807) is 0 Å². The van der Waals surface area contributed by atoms with Gasteiger partial charge in [-0.3, -0.25) is 0 Å². The van der Waals surface area contributed by atoms with Crippen molar-refractivity contribution < 1.29 is 40.6 Å². The summed E-state index contributed by atoms with van der Waals surface area (Å²) in [4.78, 5) is 20.0. The van der Waals surface area contributed by atoms with E-state index < -0.39 is 30.4 Å². The van der Waals surface area contributed by atoms with Crippen molar-refractivity contribution in [3.05, 3.63) is 0 Å². The number of carbonyl (C=O) groups is 2. The highest BCUT2D eigenvalue weighted by atomic mass is 16.4. The molecule has 84 valence electrons. The Labute approximate surface area is 78.3 Å². The van der Waals surface area contributed by atoms with Crippen LogP contribution in [0.25, 0.3) is 0 Å². The number of carboxylic acids is 1. The number of hydrogen-bond acceptors (Lipinski definition) is 6. The molecule has 0 aliphatic carbocycles. The van der Waals surface area contributed by atoms with Crippen molar-refractivity contribution in [2.75, 3.05) is 0 Å². The molecule has 0 saturated heterocycles. The molecule has 0 bridgehead atoms. The molecular formula is C6H12O8. The first-order chi connectivity index (χ1) is 5.91. The Bertz CT molecular complexity index is 192. The number of hydrogen-bond donors (Lipinski definition) is 5. The fourth-order valence-corrected chi connectivity index (χ4v) is 0.615. The summed E-state index contributed by atoms with van der Waals surface area (Å²) in [7, 11) is 0. The first-order valence-corrected chi connectivity index (χ1v) is 3.32. The van der Waals surface area contributed by atoms with Gasteiger partial charge >= 0.3 is 5.97 Å². The maximum atomic E-state index is 10.1. The molecule has 0 aromatic carbocycles. The van der Waals surface area contributed by atoms with Crippen molar-refractivity contribution >= 4 is 12.3 Å². The number of carboxylic acid groups (broad SMARTS) is 1. The highest BCUT2D eigenvalue weighted by Crippen LogP contribution is 2.03. The second-order valence-electron chi connectivity index (χ2n) is 2.39. The lowest BCUT2D eigenvalue weighted by Crippen LogP contribution is -2.48. The van der Waals surface area contributed by atoms with E-state index >= 15 is 0 Å². The summed E-state index contributed by atoms with van der Waals surface area (Å²) in [6, 6.07) is 0. The molecule has 0 fully saturated rings. The van der Waals surface area contributed by atoms with Crippen LogP contribution in [0.15, 0.2) is 0 Å². The van der Waals surface area contributed by atoms with Gasteiger partial charge in [0.05, 0.1) is 0 Å². The Kier molecular flexibility index (Phi) is 7.05. The van der Waals surface area contributed by atoms with Crippen LogP contribution in [-0.4, -0.2) is 67.7 Å². The number of rotatable bonds is 5. The van der Waals surface area contributed by atoms with Gasteiger partial charge in [-0.15, -0.1) is 0 Å². The van der Waals surface area contributed by atoms with E-state index in [0.29, 0.717) is 0 Å². The maximum Gasteiger partial charge on any atom is 0.335 e. The summed E-state index contributed by atoms with van der Waals surface area (Å²) < 4.78 is 0. The van der Waals surface area contributed by atoms with Crippen molar-refractivity contribution in [1.29, 1.82) is 0 Å². The maximum absolute atomic E-state index is 10.1. The average Bonchev–Trinajstić information content (AvgIpc) is 2.12. The van der Waals surface area contributed by atoms with Crippen LogP contribution < -0.4 is 0 Å². The van der Waals surface area contributed by atoms with E-state index in [-0.39, 0.29) is 11.8 Å². The zero-order valence-electron chi connectivity index (χ0n) is 6.94. The molecule has 0 aliphatic rings. The van der Waals surface area contributed by atoms with Crippen molar-refractivity contribution in [1.82, 2.24) is 0 Å². The van der Waals surface area contributed by atoms with Crippen LogP contribution in [0.1, 0.15) is 0 Å². The van der Waals surface area contributed by atoms with Gasteiger partial charge in [0.1, 0.15) is 18.3 Å². The molecule has 8 nitrogen and oxygen atoms in total. The van der Waals surface area contributed by atoms with Crippen molar-refractivity contribution in [3.63, 3.8) is 0 Å². The van der Waals surface area contributed by atoms with E-state index in [2.05, 4.69) is 0 Å². The Hall–Kier alpha value is -1.06. The second kappa shape index (κ2) is 6.40. The lowest BCUT2D eigenvalue weighted by Gasteiger charge is -2.21. The Balaban J connectivity index is 0. The predicted molar refractivity (Wildman–Crippen MR) is 41.3 cm³/mol. The van der Waals surface area contributed by atoms with Crippen LogP contribution in [0.4, 0.5) is 0 Å². The second-order valence-corrected chi connectivity index (χ2v) is 2.39. The number of aliphatic hydroxyl groups is 4. The highest BCUT2D eigenvalue weighted by molar-refractivity contribution is 5.73. The van der Waals surface area contributed by atoms with E-state index in [1.807, 2.05) is 0 Å². The third kappa shape index (κ3) is 3.77. The monoisotopic (exact) mass is 212 g/mol. The van der Waals surface area contributed by atoms with Crippen LogP contribution in [0, 0.1) is 0 Å². The molecule has 0 aliphatic heterocycles. The lowest BCUT2D eigenvalue weighted by molar-refractivity contribution is -0.163. The van der Waals surface area contributed by atoms with Crippen LogP contribution in [0.5, 0.6) is 0 Å². The summed E-state index contributed by atoms with van der Waals surface area (Å²) in [5.41, 5.74) is 0. The van der Waals surface area contributed by atoms with Gasteiger partial charge in [-0.1, -0.05) is 0 Å². The van der Waals surface area contributed by atoms with Crippen LogP contribution in [0.2, 0.25) is 0 Å². The molecule has 4 atom stereocenters. The summed E-state index contributed by atoms with van der Waals surface area (Å²) in [6.07, 6.45) is -8.39. The molecule has 0 aromatic heterocycles. The van der Waals surface area contributed by atoms with E-state index in [9.17, 15) is 9.59 Å². The third-order valence-corrected chi connectivity index (χ3v) is 1.42. The predicted octanol–water partition coefficient (Wildman–Crippen LogP) is -4.11. The summed E-state index contributed by atoms with van der Waals surface area (Å²) >= 11 is 0. The molecule has 7 N–H and O–H groups in total. The topological polar surface area (TPSA) is 167 Å². The number of aldehydes is 1. The zero-order chi connectivity index (χ0) is 10.6. The number of aliphatic hydroxyl groups excluding tert-OH is 4. The fourth-order valence-electron chi connectivity index (χ4n) is 0.615. The first kappa shape index (κ1) is 15.4. The van der Waals surface area contributed by atoms with Gasteiger partial charge in [0, 0.05) is 0 Å². The van der Waals surface area contributed by atoms with Gasteiger partial charge in [0.25, 0.3) is 0 Å². The normalized spacial score (nSPS) is 18.6. The van der Waals surface area contributed by atoms with Gasteiger partial charge in [-0.05, 0) is 0 Å². The molecule has 14 heavy (non-hydrogen) atoms. The SMILES string of the molecule is O.O=CC(O)C(O)C(O)C(O)C(=O)O. The molecule has 0 radical (unpaired) electrons. The smallest absolute Gasteiger partial charge is 0.335 e. The van der Waals surface area contributed by atoms with Gasteiger partial charge in [-0.25, -0.2) is 4.79 Å². The van der Waals surface area contributed by atoms with Gasteiger partial charge in [-0.2, -0.15) is 0 Å². The Morgan fingerprint density at radius 2 is 1.50 bits per heavy atom. The molecular weight excluding hydrogens is 200 g/mol. The number of carbonyl (C=O) groups excluding carboxylic acids is 1. The molecule has 0 heterocycles. The summed E-state index contributed by atoms with van der Waals surface area (Å²) in [5, 5.41) is 43.2.